The normalized spacial score (nSPS) is 19.0. The van der Waals surface area contributed by atoms with E-state index in [1.54, 1.807) is 19.1 Å². The summed E-state index contributed by atoms with van der Waals surface area (Å²) < 4.78 is 14.0. The number of nitrogens with one attached hydrogen (secondary N) is 1. The Bertz CT molecular complexity index is 591. The largest absolute Gasteiger partial charge is 0.396 e. The zero-order valence-corrected chi connectivity index (χ0v) is 13.5. The van der Waals surface area contributed by atoms with Crippen LogP contribution in [0.4, 0.5) is 10.1 Å². The van der Waals surface area contributed by atoms with Gasteiger partial charge in [0.1, 0.15) is 5.82 Å². The van der Waals surface area contributed by atoms with Gasteiger partial charge in [-0.25, -0.2) is 4.39 Å². The van der Waals surface area contributed by atoms with Crippen LogP contribution in [0.1, 0.15) is 31.7 Å². The van der Waals surface area contributed by atoms with Crippen molar-refractivity contribution in [3.8, 4) is 0 Å². The zero-order valence-electron chi connectivity index (χ0n) is 13.5. The van der Waals surface area contributed by atoms with E-state index < -0.39 is 11.7 Å². The second kappa shape index (κ2) is 7.55. The number of aryl methyl sites for hydroxylation is 1. The third kappa shape index (κ3) is 4.28. The molecule has 2 amide bonds. The van der Waals surface area contributed by atoms with Crippen molar-refractivity contribution in [3.05, 3.63) is 29.6 Å². The van der Waals surface area contributed by atoms with Gasteiger partial charge >= 0.3 is 0 Å². The van der Waals surface area contributed by atoms with Gasteiger partial charge in [0.25, 0.3) is 0 Å². The highest BCUT2D eigenvalue weighted by molar-refractivity contribution is 6.00. The molecule has 23 heavy (non-hydrogen) atoms. The summed E-state index contributed by atoms with van der Waals surface area (Å²) in [6.07, 6.45) is 1.39. The number of aliphatic hydroxyl groups is 1. The quantitative estimate of drug-likeness (QED) is 0.838. The molecule has 1 aliphatic rings. The predicted molar refractivity (Wildman–Crippen MR) is 85.5 cm³/mol. The molecule has 2 unspecified atom stereocenters. The van der Waals surface area contributed by atoms with Gasteiger partial charge in [0.2, 0.25) is 11.8 Å². The monoisotopic (exact) mass is 322 g/mol. The lowest BCUT2D eigenvalue weighted by Crippen LogP contribution is -2.38. The summed E-state index contributed by atoms with van der Waals surface area (Å²) in [5.41, 5.74) is 1.01. The molecule has 2 rings (SSSR count). The zero-order chi connectivity index (χ0) is 17.0. The molecule has 1 fully saturated rings. The van der Waals surface area contributed by atoms with E-state index in [9.17, 15) is 14.0 Å². The number of halogens is 1. The fourth-order valence-corrected chi connectivity index (χ4v) is 2.78. The number of hydrogen-bond donors (Lipinski definition) is 2. The van der Waals surface area contributed by atoms with Gasteiger partial charge in [-0.15, -0.1) is 0 Å². The van der Waals surface area contributed by atoms with Gasteiger partial charge in [-0.3, -0.25) is 9.59 Å². The maximum Gasteiger partial charge on any atom is 0.227 e. The molecule has 1 heterocycles. The molecule has 2 atom stereocenters. The molecular weight excluding hydrogens is 299 g/mol. The number of nitrogens with zero attached hydrogens (tertiary/aromatic N) is 1. The van der Waals surface area contributed by atoms with Gasteiger partial charge in [-0.1, -0.05) is 6.07 Å². The van der Waals surface area contributed by atoms with Gasteiger partial charge < -0.3 is 15.3 Å². The number of benzene rings is 1. The average molecular weight is 322 g/mol. The van der Waals surface area contributed by atoms with E-state index in [1.807, 2.05) is 6.92 Å². The van der Waals surface area contributed by atoms with E-state index in [0.29, 0.717) is 12.8 Å². The van der Waals surface area contributed by atoms with E-state index in [4.69, 9.17) is 5.11 Å². The summed E-state index contributed by atoms with van der Waals surface area (Å²) in [5.74, 6) is -1.36. The first kappa shape index (κ1) is 17.4. The summed E-state index contributed by atoms with van der Waals surface area (Å²) in [4.78, 5) is 25.7. The van der Waals surface area contributed by atoms with E-state index in [0.717, 1.165) is 5.56 Å². The van der Waals surface area contributed by atoms with Gasteiger partial charge in [-0.05, 0) is 44.4 Å². The lowest BCUT2D eigenvalue weighted by atomic mass is 10.1. The molecule has 126 valence electrons. The Morgan fingerprint density at radius 2 is 2.26 bits per heavy atom. The van der Waals surface area contributed by atoms with Crippen molar-refractivity contribution in [1.82, 2.24) is 5.32 Å². The fraction of sp³-hybridized carbons (Fsp3) is 0.529. The Morgan fingerprint density at radius 3 is 2.91 bits per heavy atom. The first-order chi connectivity index (χ1) is 10.9. The van der Waals surface area contributed by atoms with E-state index >= 15 is 0 Å². The first-order valence-electron chi connectivity index (χ1n) is 7.90. The van der Waals surface area contributed by atoms with E-state index in [-0.39, 0.29) is 43.1 Å². The third-order valence-corrected chi connectivity index (χ3v) is 4.07. The van der Waals surface area contributed by atoms with Crippen LogP contribution in [0.2, 0.25) is 0 Å². The molecule has 0 radical (unpaired) electrons. The van der Waals surface area contributed by atoms with Gasteiger partial charge in [-0.2, -0.15) is 0 Å². The summed E-state index contributed by atoms with van der Waals surface area (Å²) in [6, 6.07) is 4.64. The molecule has 2 N–H and O–H groups in total. The van der Waals surface area contributed by atoms with Crippen LogP contribution in [-0.4, -0.2) is 36.1 Å². The van der Waals surface area contributed by atoms with Crippen molar-refractivity contribution in [3.63, 3.8) is 0 Å². The maximum atomic E-state index is 14.0. The highest BCUT2D eigenvalue weighted by Gasteiger charge is 2.36. The minimum atomic E-state index is -0.472. The third-order valence-electron chi connectivity index (χ3n) is 4.07. The van der Waals surface area contributed by atoms with Crippen molar-refractivity contribution >= 4 is 17.5 Å². The lowest BCUT2D eigenvalue weighted by Gasteiger charge is -2.19. The SMILES string of the molecule is Cc1ccc(N2CC(C(=O)NC(C)CCCO)CC2=O)c(F)c1. The molecule has 0 aromatic heterocycles. The standard InChI is InChI=1S/C17H23FN2O3/c1-11-5-6-15(14(18)8-11)20-10-13(9-16(20)22)17(23)19-12(2)4-3-7-21/h5-6,8,12-13,21H,3-4,7,9-10H2,1-2H3,(H,19,23). The number of hydrogen-bond acceptors (Lipinski definition) is 3. The lowest BCUT2D eigenvalue weighted by molar-refractivity contribution is -0.126. The van der Waals surface area contributed by atoms with Gasteiger partial charge in [0.05, 0.1) is 11.6 Å². The summed E-state index contributed by atoms with van der Waals surface area (Å²) in [7, 11) is 0. The molecule has 0 saturated carbocycles. The highest BCUT2D eigenvalue weighted by Crippen LogP contribution is 2.28. The van der Waals surface area contributed by atoms with Crippen LogP contribution < -0.4 is 10.2 Å². The number of carbonyl (C=O) groups excluding carboxylic acids is 2. The minimum absolute atomic E-state index is 0.0603. The van der Waals surface area contributed by atoms with Crippen LogP contribution >= 0.6 is 0 Å². The van der Waals surface area contributed by atoms with Gasteiger partial charge in [0.15, 0.2) is 0 Å². The number of aliphatic hydroxyl groups excluding tert-OH is 1. The first-order valence-corrected chi connectivity index (χ1v) is 7.90. The Morgan fingerprint density at radius 1 is 1.52 bits per heavy atom. The van der Waals surface area contributed by atoms with Gasteiger partial charge in [0, 0.05) is 25.6 Å². The van der Waals surface area contributed by atoms with Crippen molar-refractivity contribution in [2.45, 2.75) is 39.2 Å². The molecular formula is C17H23FN2O3. The predicted octanol–water partition coefficient (Wildman–Crippen LogP) is 1.76. The Labute approximate surface area is 135 Å². The van der Waals surface area contributed by atoms with Crippen LogP contribution in [0.3, 0.4) is 0 Å². The molecule has 6 heteroatoms. The topological polar surface area (TPSA) is 69.6 Å². The Hall–Kier alpha value is -1.95. The molecule has 0 aliphatic carbocycles. The van der Waals surface area contributed by atoms with Crippen LogP contribution in [-0.2, 0) is 9.59 Å². The minimum Gasteiger partial charge on any atom is -0.396 e. The summed E-state index contributed by atoms with van der Waals surface area (Å²) in [6.45, 7) is 3.92. The van der Waals surface area contributed by atoms with Crippen LogP contribution in [0.5, 0.6) is 0 Å². The summed E-state index contributed by atoms with van der Waals surface area (Å²) in [5, 5.41) is 11.7. The van der Waals surface area contributed by atoms with Crippen LogP contribution in [0.15, 0.2) is 18.2 Å². The smallest absolute Gasteiger partial charge is 0.227 e. The Balaban J connectivity index is 2.00. The second-order valence-corrected chi connectivity index (χ2v) is 6.14. The van der Waals surface area contributed by atoms with E-state index in [2.05, 4.69) is 5.32 Å². The number of anilines is 1. The van der Waals surface area contributed by atoms with Crippen molar-refractivity contribution in [1.29, 1.82) is 0 Å². The van der Waals surface area contributed by atoms with E-state index in [1.165, 1.54) is 11.0 Å². The van der Waals surface area contributed by atoms with Crippen molar-refractivity contribution in [2.24, 2.45) is 5.92 Å². The van der Waals surface area contributed by atoms with Crippen molar-refractivity contribution in [2.75, 3.05) is 18.1 Å². The molecule has 1 aliphatic heterocycles. The molecule has 0 bridgehead atoms. The molecule has 5 nitrogen and oxygen atoms in total. The molecule has 0 spiro atoms. The van der Waals surface area contributed by atoms with Crippen LogP contribution in [0, 0.1) is 18.7 Å². The van der Waals surface area contributed by atoms with Crippen LogP contribution in [0.25, 0.3) is 0 Å². The second-order valence-electron chi connectivity index (χ2n) is 6.14. The molecule has 1 saturated heterocycles. The fourth-order valence-electron chi connectivity index (χ4n) is 2.78. The number of rotatable bonds is 6. The molecule has 1 aromatic carbocycles. The Kier molecular flexibility index (Phi) is 5.71. The van der Waals surface area contributed by atoms with Crippen molar-refractivity contribution < 1.29 is 19.1 Å². The summed E-state index contributed by atoms with van der Waals surface area (Å²) >= 11 is 0. The number of amides is 2. The average Bonchev–Trinajstić information content (AvgIpc) is 2.87. The number of carbonyl (C=O) groups is 2. The molecule has 1 aromatic rings. The maximum absolute atomic E-state index is 14.0. The highest BCUT2D eigenvalue weighted by atomic mass is 19.1.